The van der Waals surface area contributed by atoms with Crippen LogP contribution in [0.15, 0.2) is 0 Å². The van der Waals surface area contributed by atoms with E-state index in [-0.39, 0.29) is 5.91 Å². The standard InChI is InChI=1S/C14H23N3O4/c1-10(11(18)16-7-3-4-8-16)15-13(21)17-9-5-6-14(17,2)12(19)20/h10H,3-9H2,1-2H3,(H,15,21)(H,19,20). The Labute approximate surface area is 124 Å². The quantitative estimate of drug-likeness (QED) is 0.800. The van der Waals surface area contributed by atoms with Crippen molar-refractivity contribution in [2.24, 2.45) is 0 Å². The third-order valence-electron chi connectivity index (χ3n) is 4.48. The smallest absolute Gasteiger partial charge is 0.329 e. The second kappa shape index (κ2) is 5.91. The molecule has 2 unspecified atom stereocenters. The fourth-order valence-corrected chi connectivity index (χ4v) is 3.05. The van der Waals surface area contributed by atoms with E-state index in [1.54, 1.807) is 18.7 Å². The molecule has 2 aliphatic heterocycles. The van der Waals surface area contributed by atoms with Crippen LogP contribution in [0.4, 0.5) is 4.79 Å². The molecule has 0 aromatic carbocycles. The second-order valence-corrected chi connectivity index (χ2v) is 6.04. The molecule has 0 radical (unpaired) electrons. The van der Waals surface area contributed by atoms with Crippen LogP contribution in [0, 0.1) is 0 Å². The number of nitrogens with zero attached hydrogens (tertiary/aromatic N) is 2. The first-order valence-corrected chi connectivity index (χ1v) is 7.46. The largest absolute Gasteiger partial charge is 0.480 e. The van der Waals surface area contributed by atoms with Crippen LogP contribution in [0.3, 0.4) is 0 Å². The Bertz CT molecular complexity index is 448. The summed E-state index contributed by atoms with van der Waals surface area (Å²) in [5, 5.41) is 12.0. The van der Waals surface area contributed by atoms with Gasteiger partial charge in [0, 0.05) is 19.6 Å². The number of carbonyl (C=O) groups is 3. The highest BCUT2D eigenvalue weighted by molar-refractivity contribution is 5.90. The number of likely N-dealkylation sites (tertiary alicyclic amines) is 2. The van der Waals surface area contributed by atoms with Crippen LogP contribution in [0.5, 0.6) is 0 Å². The van der Waals surface area contributed by atoms with E-state index >= 15 is 0 Å². The molecule has 7 heteroatoms. The van der Waals surface area contributed by atoms with Gasteiger partial charge in [-0.15, -0.1) is 0 Å². The molecule has 118 valence electrons. The molecule has 0 bridgehead atoms. The average molecular weight is 297 g/mol. The monoisotopic (exact) mass is 297 g/mol. The Hall–Kier alpha value is -1.79. The van der Waals surface area contributed by atoms with Crippen LogP contribution in [-0.4, -0.2) is 64.0 Å². The van der Waals surface area contributed by atoms with Gasteiger partial charge in [-0.25, -0.2) is 9.59 Å². The maximum absolute atomic E-state index is 12.3. The van der Waals surface area contributed by atoms with Gasteiger partial charge in [0.2, 0.25) is 5.91 Å². The highest BCUT2D eigenvalue weighted by Gasteiger charge is 2.46. The van der Waals surface area contributed by atoms with Gasteiger partial charge >= 0.3 is 12.0 Å². The molecule has 2 aliphatic rings. The first kappa shape index (κ1) is 15.6. The van der Waals surface area contributed by atoms with Crippen molar-refractivity contribution >= 4 is 17.9 Å². The lowest BCUT2D eigenvalue weighted by atomic mass is 10.00. The molecule has 2 saturated heterocycles. The Kier molecular flexibility index (Phi) is 4.39. The maximum Gasteiger partial charge on any atom is 0.329 e. The van der Waals surface area contributed by atoms with Crippen molar-refractivity contribution in [2.75, 3.05) is 19.6 Å². The van der Waals surface area contributed by atoms with Crippen molar-refractivity contribution in [3.8, 4) is 0 Å². The lowest BCUT2D eigenvalue weighted by molar-refractivity contribution is -0.147. The summed E-state index contributed by atoms with van der Waals surface area (Å²) in [6, 6.07) is -1.10. The summed E-state index contributed by atoms with van der Waals surface area (Å²) in [6.07, 6.45) is 3.08. The van der Waals surface area contributed by atoms with E-state index in [4.69, 9.17) is 0 Å². The van der Waals surface area contributed by atoms with Crippen LogP contribution < -0.4 is 5.32 Å². The molecule has 0 aliphatic carbocycles. The lowest BCUT2D eigenvalue weighted by Crippen LogP contribution is -2.57. The number of urea groups is 1. The topological polar surface area (TPSA) is 90.0 Å². The number of rotatable bonds is 3. The SMILES string of the molecule is CC(NC(=O)N1CCCC1(C)C(=O)O)C(=O)N1CCCC1. The minimum Gasteiger partial charge on any atom is -0.480 e. The van der Waals surface area contributed by atoms with Gasteiger partial charge < -0.3 is 20.2 Å². The van der Waals surface area contributed by atoms with Crippen LogP contribution in [0.1, 0.15) is 39.5 Å². The summed E-state index contributed by atoms with van der Waals surface area (Å²) in [7, 11) is 0. The van der Waals surface area contributed by atoms with Gasteiger partial charge in [0.25, 0.3) is 0 Å². The van der Waals surface area contributed by atoms with Crippen molar-refractivity contribution < 1.29 is 19.5 Å². The minimum atomic E-state index is -1.18. The molecule has 2 fully saturated rings. The van der Waals surface area contributed by atoms with Gasteiger partial charge in [-0.2, -0.15) is 0 Å². The van der Waals surface area contributed by atoms with Gasteiger partial charge in [-0.1, -0.05) is 0 Å². The molecule has 2 rings (SSSR count). The Morgan fingerprint density at radius 3 is 2.33 bits per heavy atom. The molecular weight excluding hydrogens is 274 g/mol. The number of amides is 3. The van der Waals surface area contributed by atoms with Crippen molar-refractivity contribution in [1.29, 1.82) is 0 Å². The molecule has 7 nitrogen and oxygen atoms in total. The number of carboxylic acids is 1. The van der Waals surface area contributed by atoms with E-state index < -0.39 is 23.6 Å². The number of carbonyl (C=O) groups excluding carboxylic acids is 2. The number of aliphatic carboxylic acids is 1. The minimum absolute atomic E-state index is 0.0999. The van der Waals surface area contributed by atoms with Gasteiger partial charge in [-0.05, 0) is 39.5 Å². The molecule has 2 heterocycles. The van der Waals surface area contributed by atoms with E-state index in [1.807, 2.05) is 0 Å². The van der Waals surface area contributed by atoms with Gasteiger partial charge in [0.05, 0.1) is 0 Å². The first-order chi connectivity index (χ1) is 9.86. The predicted molar refractivity (Wildman–Crippen MR) is 75.8 cm³/mol. The van der Waals surface area contributed by atoms with Crippen LogP contribution >= 0.6 is 0 Å². The molecule has 0 saturated carbocycles. The molecular formula is C14H23N3O4. The van der Waals surface area contributed by atoms with Crippen molar-refractivity contribution in [3.05, 3.63) is 0 Å². The molecule has 0 spiro atoms. The molecule has 3 amide bonds. The summed E-state index contributed by atoms with van der Waals surface area (Å²) in [4.78, 5) is 38.9. The molecule has 0 aromatic rings. The summed E-state index contributed by atoms with van der Waals surface area (Å²) >= 11 is 0. The van der Waals surface area contributed by atoms with Gasteiger partial charge in [0.1, 0.15) is 11.6 Å². The third kappa shape index (κ3) is 2.96. The molecule has 0 aromatic heterocycles. The summed E-state index contributed by atoms with van der Waals surface area (Å²) in [5.41, 5.74) is -1.18. The summed E-state index contributed by atoms with van der Waals surface area (Å²) in [5.74, 6) is -1.11. The normalized spacial score (nSPS) is 26.8. The predicted octanol–water partition coefficient (Wildman–Crippen LogP) is 0.646. The Morgan fingerprint density at radius 2 is 1.76 bits per heavy atom. The Morgan fingerprint density at radius 1 is 1.14 bits per heavy atom. The number of carboxylic acid groups (broad SMARTS) is 1. The van der Waals surface area contributed by atoms with Crippen molar-refractivity contribution in [2.45, 2.75) is 51.1 Å². The van der Waals surface area contributed by atoms with Crippen LogP contribution in [0.2, 0.25) is 0 Å². The highest BCUT2D eigenvalue weighted by atomic mass is 16.4. The Balaban J connectivity index is 1.97. The number of hydrogen-bond donors (Lipinski definition) is 2. The first-order valence-electron chi connectivity index (χ1n) is 7.46. The van der Waals surface area contributed by atoms with Crippen LogP contribution in [0.25, 0.3) is 0 Å². The summed E-state index contributed by atoms with van der Waals surface area (Å²) < 4.78 is 0. The zero-order valence-corrected chi connectivity index (χ0v) is 12.6. The second-order valence-electron chi connectivity index (χ2n) is 6.04. The van der Waals surface area contributed by atoms with Gasteiger partial charge in [-0.3, -0.25) is 4.79 Å². The van der Waals surface area contributed by atoms with Gasteiger partial charge in [0.15, 0.2) is 0 Å². The molecule has 21 heavy (non-hydrogen) atoms. The summed E-state index contributed by atoms with van der Waals surface area (Å²) in [6.45, 7) is 5.06. The van der Waals surface area contributed by atoms with E-state index in [9.17, 15) is 19.5 Å². The van der Waals surface area contributed by atoms with E-state index in [0.717, 1.165) is 25.9 Å². The number of nitrogens with one attached hydrogen (secondary N) is 1. The van der Waals surface area contributed by atoms with E-state index in [0.29, 0.717) is 19.4 Å². The maximum atomic E-state index is 12.3. The lowest BCUT2D eigenvalue weighted by Gasteiger charge is -2.32. The van der Waals surface area contributed by atoms with E-state index in [2.05, 4.69) is 5.32 Å². The van der Waals surface area contributed by atoms with Crippen LogP contribution in [-0.2, 0) is 9.59 Å². The average Bonchev–Trinajstić information content (AvgIpc) is 3.07. The molecule has 2 N–H and O–H groups in total. The molecule has 2 atom stereocenters. The zero-order valence-electron chi connectivity index (χ0n) is 12.6. The van der Waals surface area contributed by atoms with Crippen molar-refractivity contribution in [3.63, 3.8) is 0 Å². The fourth-order valence-electron chi connectivity index (χ4n) is 3.05. The number of hydrogen-bond acceptors (Lipinski definition) is 3. The van der Waals surface area contributed by atoms with E-state index in [1.165, 1.54) is 4.90 Å². The zero-order chi connectivity index (χ0) is 15.6. The van der Waals surface area contributed by atoms with Crippen molar-refractivity contribution in [1.82, 2.24) is 15.1 Å². The third-order valence-corrected chi connectivity index (χ3v) is 4.48. The highest BCUT2D eigenvalue weighted by Crippen LogP contribution is 2.29. The fraction of sp³-hybridized carbons (Fsp3) is 0.786.